The van der Waals surface area contributed by atoms with Crippen LogP contribution in [0.25, 0.3) is 10.0 Å². The van der Waals surface area contributed by atoms with Gasteiger partial charge in [0.25, 0.3) is 0 Å². The average Bonchev–Trinajstić information content (AvgIpc) is 3.05. The van der Waals surface area contributed by atoms with Gasteiger partial charge in [0.05, 0.1) is 0 Å². The Morgan fingerprint density at radius 3 is 2.59 bits per heavy atom. The number of carbonyl (C=O) groups is 2. The monoisotopic (exact) mass is 336 g/mol. The normalized spacial score (nSPS) is 11.1. The van der Waals surface area contributed by atoms with Crippen LogP contribution in [0.4, 0.5) is 0 Å². The molecule has 4 nitrogen and oxygen atoms in total. The van der Waals surface area contributed by atoms with Gasteiger partial charge in [-0.05, 0) is 25.7 Å². The Bertz CT molecular complexity index is 645. The summed E-state index contributed by atoms with van der Waals surface area (Å²) in [6.07, 6.45) is 4.02. The topological polar surface area (TPSA) is 59.9 Å². The zero-order chi connectivity index (χ0) is 16.1. The van der Waals surface area contributed by atoms with Crippen LogP contribution >= 0.6 is 22.7 Å². The van der Waals surface area contributed by atoms with Crippen molar-refractivity contribution < 1.29 is 9.59 Å². The van der Waals surface area contributed by atoms with Crippen molar-refractivity contribution >= 4 is 34.2 Å². The number of thiazole rings is 2. The third-order valence-corrected chi connectivity index (χ3v) is 5.10. The van der Waals surface area contributed by atoms with Gasteiger partial charge in [-0.15, -0.1) is 22.7 Å². The maximum atomic E-state index is 12.4. The molecule has 2 rings (SSSR count). The zero-order valence-corrected chi connectivity index (χ0v) is 14.7. The summed E-state index contributed by atoms with van der Waals surface area (Å²) in [6, 6.07) is 0. The lowest BCUT2D eigenvalue weighted by Gasteiger charge is -2.04. The summed E-state index contributed by atoms with van der Waals surface area (Å²) in [6.45, 7) is 5.82. The van der Waals surface area contributed by atoms with E-state index in [0.717, 1.165) is 21.3 Å². The van der Waals surface area contributed by atoms with Crippen LogP contribution in [-0.4, -0.2) is 21.5 Å². The van der Waals surface area contributed by atoms with Crippen molar-refractivity contribution in [3.63, 3.8) is 0 Å². The molecule has 0 N–H and O–H groups in total. The Labute approximate surface area is 138 Å². The molecule has 6 heteroatoms. The van der Waals surface area contributed by atoms with Gasteiger partial charge in [-0.25, -0.2) is 9.97 Å². The number of hydrogen-bond donors (Lipinski definition) is 0. The molecular weight excluding hydrogens is 316 g/mol. The number of aromatic nitrogens is 2. The Morgan fingerprint density at radius 1 is 1.23 bits per heavy atom. The highest BCUT2D eigenvalue weighted by Crippen LogP contribution is 2.31. The minimum Gasteiger partial charge on any atom is -0.300 e. The molecule has 0 radical (unpaired) electrons. The van der Waals surface area contributed by atoms with E-state index in [-0.39, 0.29) is 11.6 Å². The van der Waals surface area contributed by atoms with Crippen LogP contribution in [-0.2, 0) is 11.2 Å². The van der Waals surface area contributed by atoms with Crippen molar-refractivity contribution in [3.05, 3.63) is 22.1 Å². The summed E-state index contributed by atoms with van der Waals surface area (Å²) >= 11 is 3.09. The van der Waals surface area contributed by atoms with Gasteiger partial charge in [0, 0.05) is 29.3 Å². The summed E-state index contributed by atoms with van der Waals surface area (Å²) in [5.41, 5.74) is 0.576. The average molecular weight is 336 g/mol. The number of nitrogens with zero attached hydrogens (tertiary/aromatic N) is 2. The minimum absolute atomic E-state index is 0.0379. The molecule has 0 amide bonds. The number of hydrogen-bond acceptors (Lipinski definition) is 6. The molecule has 2 heterocycles. The van der Waals surface area contributed by atoms with Crippen LogP contribution in [0.3, 0.4) is 0 Å². The molecule has 0 saturated carbocycles. The van der Waals surface area contributed by atoms with Crippen molar-refractivity contribution in [1.82, 2.24) is 9.97 Å². The number of ketones is 2. The van der Waals surface area contributed by atoms with E-state index in [1.165, 1.54) is 11.3 Å². The Balaban J connectivity index is 2.20. The first kappa shape index (κ1) is 17.0. The third kappa shape index (κ3) is 4.55. The highest BCUT2D eigenvalue weighted by atomic mass is 32.1. The number of Topliss-reactive ketones (excluding diaryl/α,β-unsaturated/α-hetero) is 2. The predicted molar refractivity (Wildman–Crippen MR) is 90.6 cm³/mol. The van der Waals surface area contributed by atoms with Crippen LogP contribution in [0, 0.1) is 5.92 Å². The summed E-state index contributed by atoms with van der Waals surface area (Å²) in [4.78, 5) is 33.3. The molecule has 0 spiro atoms. The molecule has 0 bridgehead atoms. The number of rotatable bonds is 8. The van der Waals surface area contributed by atoms with Crippen LogP contribution in [0.15, 0.2) is 11.6 Å². The predicted octanol–water partition coefficient (Wildman–Crippen LogP) is 4.41. The highest BCUT2D eigenvalue weighted by molar-refractivity contribution is 7.20. The van der Waals surface area contributed by atoms with Crippen LogP contribution in [0.2, 0.25) is 0 Å². The molecule has 2 aromatic rings. The molecule has 0 unspecified atom stereocenters. The minimum atomic E-state index is 0.0379. The van der Waals surface area contributed by atoms with E-state index in [1.807, 2.05) is 5.38 Å². The number of carbonyl (C=O) groups excluding carboxylic acids is 2. The van der Waals surface area contributed by atoms with E-state index in [2.05, 4.69) is 23.8 Å². The molecule has 2 aromatic heterocycles. The molecule has 0 aliphatic heterocycles. The second-order valence-electron chi connectivity index (χ2n) is 5.70. The van der Waals surface area contributed by atoms with Gasteiger partial charge in [0.2, 0.25) is 0 Å². The lowest BCUT2D eigenvalue weighted by molar-refractivity contribution is -0.117. The third-order valence-electron chi connectivity index (χ3n) is 3.10. The smallest absolute Gasteiger partial charge is 0.182 e. The fraction of sp³-hybridized carbons (Fsp3) is 0.500. The van der Waals surface area contributed by atoms with Crippen LogP contribution in [0.5, 0.6) is 0 Å². The molecule has 0 aliphatic carbocycles. The largest absolute Gasteiger partial charge is 0.300 e. The molecule has 0 saturated heterocycles. The lowest BCUT2D eigenvalue weighted by Crippen LogP contribution is -2.05. The molecule has 22 heavy (non-hydrogen) atoms. The molecule has 0 aromatic carbocycles. The molecular formula is C16H20N2O2S2. The first-order chi connectivity index (χ1) is 10.5. The van der Waals surface area contributed by atoms with Crippen molar-refractivity contribution in [2.24, 2.45) is 5.92 Å². The first-order valence-electron chi connectivity index (χ1n) is 7.39. The Hall–Kier alpha value is -1.40. The quantitative estimate of drug-likeness (QED) is 0.670. The van der Waals surface area contributed by atoms with E-state index < -0.39 is 0 Å². The molecule has 118 valence electrons. The standard InChI is InChI=1S/C16H20N2O2S2/c1-10(2)9-13-14(12(20)6-4-5-11(3)19)18-16(22-13)15-17-7-8-21-15/h7-8,10H,4-6,9H2,1-3H3. The van der Waals surface area contributed by atoms with E-state index in [9.17, 15) is 9.59 Å². The van der Waals surface area contributed by atoms with Crippen molar-refractivity contribution in [2.75, 3.05) is 0 Å². The van der Waals surface area contributed by atoms with Gasteiger partial charge in [0.1, 0.15) is 11.5 Å². The van der Waals surface area contributed by atoms with Crippen molar-refractivity contribution in [3.8, 4) is 10.0 Å². The van der Waals surface area contributed by atoms with Crippen LogP contribution in [0.1, 0.15) is 55.4 Å². The van der Waals surface area contributed by atoms with E-state index >= 15 is 0 Å². The second-order valence-corrected chi connectivity index (χ2v) is 7.68. The summed E-state index contributed by atoms with van der Waals surface area (Å²) in [5, 5.41) is 3.59. The van der Waals surface area contributed by atoms with Crippen molar-refractivity contribution in [1.29, 1.82) is 0 Å². The Morgan fingerprint density at radius 2 is 2.00 bits per heavy atom. The van der Waals surface area contributed by atoms with Gasteiger partial charge >= 0.3 is 0 Å². The van der Waals surface area contributed by atoms with Gasteiger partial charge in [-0.3, -0.25) is 4.79 Å². The molecule has 0 atom stereocenters. The maximum absolute atomic E-state index is 12.4. The second kappa shape index (κ2) is 7.74. The lowest BCUT2D eigenvalue weighted by atomic mass is 10.0. The summed E-state index contributed by atoms with van der Waals surface area (Å²) < 4.78 is 0. The van der Waals surface area contributed by atoms with E-state index in [1.54, 1.807) is 24.5 Å². The summed E-state index contributed by atoms with van der Waals surface area (Å²) in [5.74, 6) is 0.626. The fourth-order valence-electron chi connectivity index (χ4n) is 2.12. The molecule has 0 fully saturated rings. The van der Waals surface area contributed by atoms with Gasteiger partial charge in [-0.1, -0.05) is 13.8 Å². The van der Waals surface area contributed by atoms with Crippen LogP contribution < -0.4 is 0 Å². The van der Waals surface area contributed by atoms with Crippen molar-refractivity contribution in [2.45, 2.75) is 46.5 Å². The summed E-state index contributed by atoms with van der Waals surface area (Å²) in [7, 11) is 0. The zero-order valence-electron chi connectivity index (χ0n) is 13.1. The van der Waals surface area contributed by atoms with Gasteiger partial charge in [-0.2, -0.15) is 0 Å². The van der Waals surface area contributed by atoms with Gasteiger partial charge in [0.15, 0.2) is 15.8 Å². The highest BCUT2D eigenvalue weighted by Gasteiger charge is 2.20. The fourth-order valence-corrected chi connectivity index (χ4v) is 4.09. The Kier molecular flexibility index (Phi) is 5.97. The SMILES string of the molecule is CC(=O)CCCC(=O)c1nc(-c2nccs2)sc1CC(C)C. The first-order valence-corrected chi connectivity index (χ1v) is 9.09. The van der Waals surface area contributed by atoms with Gasteiger partial charge < -0.3 is 4.79 Å². The van der Waals surface area contributed by atoms with E-state index in [4.69, 9.17) is 0 Å². The molecule has 0 aliphatic rings. The van der Waals surface area contributed by atoms with E-state index in [0.29, 0.717) is 30.9 Å². The maximum Gasteiger partial charge on any atom is 0.182 e.